The number of rotatable bonds is 3. The summed E-state index contributed by atoms with van der Waals surface area (Å²) in [6.07, 6.45) is 5.45. The van der Waals surface area contributed by atoms with E-state index in [1.165, 1.54) is 12.8 Å². The van der Waals surface area contributed by atoms with Gasteiger partial charge in [-0.15, -0.1) is 0 Å². The highest BCUT2D eigenvalue weighted by Gasteiger charge is 2.34. The van der Waals surface area contributed by atoms with Gasteiger partial charge in [0.25, 0.3) is 0 Å². The number of likely N-dealkylation sites (tertiary alicyclic amines) is 1. The molecule has 2 aliphatic rings. The standard InChI is InChI=1S/C14H27N3O/c1-3-15-13(16-11-14(18)7-4-8-14)17-9-5-12(2)6-10-17/h12,18H,3-11H2,1-2H3,(H,15,16). The second kappa shape index (κ2) is 5.91. The molecule has 0 bridgehead atoms. The fourth-order valence-electron chi connectivity index (χ4n) is 2.61. The van der Waals surface area contributed by atoms with Gasteiger partial charge in [0.05, 0.1) is 12.1 Å². The average molecular weight is 253 g/mol. The molecule has 0 spiro atoms. The lowest BCUT2D eigenvalue weighted by Gasteiger charge is -2.37. The van der Waals surface area contributed by atoms with Gasteiger partial charge < -0.3 is 15.3 Å². The van der Waals surface area contributed by atoms with Crippen molar-refractivity contribution in [2.24, 2.45) is 10.9 Å². The van der Waals surface area contributed by atoms with E-state index in [4.69, 9.17) is 0 Å². The van der Waals surface area contributed by atoms with Crippen LogP contribution in [0.15, 0.2) is 4.99 Å². The van der Waals surface area contributed by atoms with E-state index in [0.29, 0.717) is 6.54 Å². The molecule has 0 aromatic carbocycles. The van der Waals surface area contributed by atoms with Gasteiger partial charge in [0.15, 0.2) is 5.96 Å². The van der Waals surface area contributed by atoms with Crippen LogP contribution in [0.25, 0.3) is 0 Å². The van der Waals surface area contributed by atoms with Gasteiger partial charge in [0.2, 0.25) is 0 Å². The molecule has 18 heavy (non-hydrogen) atoms. The summed E-state index contributed by atoms with van der Waals surface area (Å²) in [5.41, 5.74) is -0.510. The Morgan fingerprint density at radius 3 is 2.56 bits per heavy atom. The zero-order valence-corrected chi connectivity index (χ0v) is 11.8. The molecule has 2 fully saturated rings. The smallest absolute Gasteiger partial charge is 0.194 e. The average Bonchev–Trinajstić information content (AvgIpc) is 2.33. The number of nitrogens with zero attached hydrogens (tertiary/aromatic N) is 2. The molecule has 1 heterocycles. The number of guanidine groups is 1. The van der Waals surface area contributed by atoms with Gasteiger partial charge in [-0.3, -0.25) is 4.99 Å². The highest BCUT2D eigenvalue weighted by atomic mass is 16.3. The summed E-state index contributed by atoms with van der Waals surface area (Å²) in [5.74, 6) is 1.82. The molecule has 2 N–H and O–H groups in total. The first-order valence-corrected chi connectivity index (χ1v) is 7.38. The van der Waals surface area contributed by atoms with E-state index in [0.717, 1.165) is 50.8 Å². The van der Waals surface area contributed by atoms with E-state index in [1.54, 1.807) is 0 Å². The normalized spacial score (nSPS) is 24.8. The quantitative estimate of drug-likeness (QED) is 0.593. The van der Waals surface area contributed by atoms with E-state index in [1.807, 2.05) is 0 Å². The van der Waals surface area contributed by atoms with Gasteiger partial charge in [-0.2, -0.15) is 0 Å². The third-order valence-electron chi connectivity index (χ3n) is 4.23. The SMILES string of the molecule is CCNC(=NCC1(O)CCC1)N1CCC(C)CC1. The molecule has 4 nitrogen and oxygen atoms in total. The highest BCUT2D eigenvalue weighted by Crippen LogP contribution is 2.31. The largest absolute Gasteiger partial charge is 0.388 e. The first-order chi connectivity index (χ1) is 8.63. The Hall–Kier alpha value is -0.770. The van der Waals surface area contributed by atoms with Gasteiger partial charge in [0, 0.05) is 19.6 Å². The van der Waals surface area contributed by atoms with Crippen molar-refractivity contribution >= 4 is 5.96 Å². The number of nitrogens with one attached hydrogen (secondary N) is 1. The van der Waals surface area contributed by atoms with Gasteiger partial charge in [-0.1, -0.05) is 6.92 Å². The van der Waals surface area contributed by atoms with Crippen LogP contribution in [0.5, 0.6) is 0 Å². The Bertz CT molecular complexity index is 291. The van der Waals surface area contributed by atoms with Crippen molar-refractivity contribution in [1.82, 2.24) is 10.2 Å². The maximum absolute atomic E-state index is 10.1. The Kier molecular flexibility index (Phi) is 4.49. The minimum atomic E-state index is -0.510. The summed E-state index contributed by atoms with van der Waals surface area (Å²) in [6.45, 7) is 8.04. The summed E-state index contributed by atoms with van der Waals surface area (Å²) in [6, 6.07) is 0. The van der Waals surface area contributed by atoms with E-state index in [-0.39, 0.29) is 0 Å². The molecule has 0 aromatic rings. The summed E-state index contributed by atoms with van der Waals surface area (Å²) in [5, 5.41) is 13.5. The van der Waals surface area contributed by atoms with Crippen molar-refractivity contribution in [3.8, 4) is 0 Å². The second-order valence-corrected chi connectivity index (χ2v) is 5.92. The third-order valence-corrected chi connectivity index (χ3v) is 4.23. The number of aliphatic hydroxyl groups is 1. The lowest BCUT2D eigenvalue weighted by Crippen LogP contribution is -2.47. The maximum atomic E-state index is 10.1. The molecule has 1 saturated carbocycles. The van der Waals surface area contributed by atoms with Crippen LogP contribution in [-0.4, -0.2) is 47.7 Å². The van der Waals surface area contributed by atoms with Crippen LogP contribution in [0.1, 0.15) is 46.0 Å². The van der Waals surface area contributed by atoms with Crippen LogP contribution >= 0.6 is 0 Å². The van der Waals surface area contributed by atoms with Gasteiger partial charge in [0.1, 0.15) is 0 Å². The molecular formula is C14H27N3O. The lowest BCUT2D eigenvalue weighted by atomic mass is 9.80. The first-order valence-electron chi connectivity index (χ1n) is 7.38. The van der Waals surface area contributed by atoms with Crippen molar-refractivity contribution in [3.05, 3.63) is 0 Å². The van der Waals surface area contributed by atoms with Crippen molar-refractivity contribution < 1.29 is 5.11 Å². The van der Waals surface area contributed by atoms with Crippen molar-refractivity contribution in [1.29, 1.82) is 0 Å². The van der Waals surface area contributed by atoms with Crippen LogP contribution in [0.3, 0.4) is 0 Å². The molecule has 1 aliphatic heterocycles. The van der Waals surface area contributed by atoms with E-state index >= 15 is 0 Å². The Morgan fingerprint density at radius 2 is 2.06 bits per heavy atom. The van der Waals surface area contributed by atoms with Crippen LogP contribution in [-0.2, 0) is 0 Å². The van der Waals surface area contributed by atoms with Crippen LogP contribution < -0.4 is 5.32 Å². The Morgan fingerprint density at radius 1 is 1.39 bits per heavy atom. The molecule has 1 aliphatic carbocycles. The number of aliphatic imine (C=N–C) groups is 1. The van der Waals surface area contributed by atoms with Crippen molar-refractivity contribution in [2.45, 2.75) is 51.6 Å². The number of piperidine rings is 1. The molecule has 104 valence electrons. The zero-order chi connectivity index (χ0) is 13.0. The maximum Gasteiger partial charge on any atom is 0.194 e. The van der Waals surface area contributed by atoms with E-state index in [9.17, 15) is 5.11 Å². The predicted octanol–water partition coefficient (Wildman–Crippen LogP) is 1.60. The van der Waals surface area contributed by atoms with Crippen LogP contribution in [0.2, 0.25) is 0 Å². The topological polar surface area (TPSA) is 47.9 Å². The minimum absolute atomic E-state index is 0.510. The van der Waals surface area contributed by atoms with Crippen molar-refractivity contribution in [2.75, 3.05) is 26.2 Å². The monoisotopic (exact) mass is 253 g/mol. The summed E-state index contributed by atoms with van der Waals surface area (Å²) in [4.78, 5) is 6.98. The molecule has 0 atom stereocenters. The lowest BCUT2D eigenvalue weighted by molar-refractivity contribution is -0.0238. The fourth-order valence-corrected chi connectivity index (χ4v) is 2.61. The Balaban J connectivity index is 1.91. The van der Waals surface area contributed by atoms with Crippen molar-refractivity contribution in [3.63, 3.8) is 0 Å². The number of hydrogen-bond acceptors (Lipinski definition) is 2. The molecule has 1 saturated heterocycles. The third kappa shape index (κ3) is 3.37. The van der Waals surface area contributed by atoms with Gasteiger partial charge in [-0.05, 0) is 44.9 Å². The molecule has 0 amide bonds. The minimum Gasteiger partial charge on any atom is -0.388 e. The molecule has 4 heteroatoms. The van der Waals surface area contributed by atoms with E-state index < -0.39 is 5.60 Å². The fraction of sp³-hybridized carbons (Fsp3) is 0.929. The number of hydrogen-bond donors (Lipinski definition) is 2. The molecule has 0 unspecified atom stereocenters. The highest BCUT2D eigenvalue weighted by molar-refractivity contribution is 5.80. The van der Waals surface area contributed by atoms with E-state index in [2.05, 4.69) is 29.1 Å². The second-order valence-electron chi connectivity index (χ2n) is 5.92. The molecule has 2 rings (SSSR count). The first kappa shape index (κ1) is 13.7. The molecule has 0 aromatic heterocycles. The summed E-state index contributed by atoms with van der Waals surface area (Å²) >= 11 is 0. The van der Waals surface area contributed by atoms with Crippen LogP contribution in [0, 0.1) is 5.92 Å². The summed E-state index contributed by atoms with van der Waals surface area (Å²) < 4.78 is 0. The molecule has 0 radical (unpaired) electrons. The predicted molar refractivity (Wildman–Crippen MR) is 74.8 cm³/mol. The Labute approximate surface area is 110 Å². The van der Waals surface area contributed by atoms with Crippen LogP contribution in [0.4, 0.5) is 0 Å². The summed E-state index contributed by atoms with van der Waals surface area (Å²) in [7, 11) is 0. The van der Waals surface area contributed by atoms with Gasteiger partial charge >= 0.3 is 0 Å². The zero-order valence-electron chi connectivity index (χ0n) is 11.8. The molecular weight excluding hydrogens is 226 g/mol. The van der Waals surface area contributed by atoms with Gasteiger partial charge in [-0.25, -0.2) is 0 Å².